The largest absolute Gasteiger partial charge is 0.481 e. The van der Waals surface area contributed by atoms with Gasteiger partial charge in [-0.25, -0.2) is 0 Å². The number of thioether (sulfide) groups is 1. The van der Waals surface area contributed by atoms with Crippen LogP contribution in [0, 0.1) is 5.41 Å². The number of aliphatic carboxylic acids is 1. The van der Waals surface area contributed by atoms with Crippen LogP contribution in [0.15, 0.2) is 22.7 Å². The van der Waals surface area contributed by atoms with Gasteiger partial charge in [-0.15, -0.1) is 21.5 Å². The highest BCUT2D eigenvalue weighted by Crippen LogP contribution is 2.47. The molecule has 1 N–H and O–H groups in total. The molecule has 1 aliphatic rings. The monoisotopic (exact) mass is 309 g/mol. The van der Waals surface area contributed by atoms with Crippen LogP contribution in [0.25, 0.3) is 10.7 Å². The molecular formula is C13H15N3O2S2. The van der Waals surface area contributed by atoms with E-state index < -0.39 is 5.97 Å². The normalized spacial score (nSPS) is 16.2. The molecule has 20 heavy (non-hydrogen) atoms. The van der Waals surface area contributed by atoms with Crippen LogP contribution in [-0.4, -0.2) is 31.6 Å². The molecule has 0 amide bonds. The average Bonchev–Trinajstić information content (AvgIpc) is 2.84. The van der Waals surface area contributed by atoms with Gasteiger partial charge in [0.2, 0.25) is 0 Å². The maximum atomic E-state index is 10.7. The summed E-state index contributed by atoms with van der Waals surface area (Å²) in [4.78, 5) is 11.8. The Morgan fingerprint density at radius 2 is 2.35 bits per heavy atom. The number of rotatable bonds is 6. The zero-order valence-electron chi connectivity index (χ0n) is 11.1. The molecule has 0 aliphatic heterocycles. The quantitative estimate of drug-likeness (QED) is 0.831. The van der Waals surface area contributed by atoms with Gasteiger partial charge in [0.25, 0.3) is 0 Å². The Kier molecular flexibility index (Phi) is 3.55. The first kappa shape index (κ1) is 13.6. The minimum Gasteiger partial charge on any atom is -0.481 e. The van der Waals surface area contributed by atoms with Gasteiger partial charge in [-0.05, 0) is 29.7 Å². The molecule has 0 aromatic carbocycles. The number of carboxylic acids is 1. The summed E-state index contributed by atoms with van der Waals surface area (Å²) < 4.78 is 2.08. The van der Waals surface area contributed by atoms with Crippen molar-refractivity contribution in [2.24, 2.45) is 5.41 Å². The lowest BCUT2D eigenvalue weighted by Crippen LogP contribution is -2.11. The van der Waals surface area contributed by atoms with E-state index in [1.807, 2.05) is 17.5 Å². The first-order valence-corrected chi connectivity index (χ1v) is 8.26. The summed E-state index contributed by atoms with van der Waals surface area (Å²) in [7, 11) is 0. The second kappa shape index (κ2) is 5.21. The van der Waals surface area contributed by atoms with Crippen molar-refractivity contribution in [2.45, 2.75) is 31.5 Å². The van der Waals surface area contributed by atoms with Crippen LogP contribution in [-0.2, 0) is 11.3 Å². The SMILES string of the molecule is CC1(Cn2c(SCC(=O)O)nnc2-c2cccs2)CC1. The Bertz CT molecular complexity index is 618. The second-order valence-electron chi connectivity index (χ2n) is 5.36. The molecule has 5 nitrogen and oxygen atoms in total. The molecular weight excluding hydrogens is 294 g/mol. The maximum Gasteiger partial charge on any atom is 0.313 e. The van der Waals surface area contributed by atoms with Crippen LogP contribution in [0.2, 0.25) is 0 Å². The highest BCUT2D eigenvalue weighted by atomic mass is 32.2. The average molecular weight is 309 g/mol. The summed E-state index contributed by atoms with van der Waals surface area (Å²) in [5, 5.41) is 20.0. The number of thiophene rings is 1. The third-order valence-electron chi connectivity index (χ3n) is 3.43. The number of carboxylic acid groups (broad SMARTS) is 1. The standard InChI is InChI=1S/C13H15N3O2S2/c1-13(4-5-13)8-16-11(9-3-2-6-19-9)14-15-12(16)20-7-10(17)18/h2-3,6H,4-5,7-8H2,1H3,(H,17,18). The van der Waals surface area contributed by atoms with Crippen molar-refractivity contribution in [3.63, 3.8) is 0 Å². The van der Waals surface area contributed by atoms with E-state index in [9.17, 15) is 4.79 Å². The lowest BCUT2D eigenvalue weighted by molar-refractivity contribution is -0.133. The van der Waals surface area contributed by atoms with Gasteiger partial charge in [-0.3, -0.25) is 4.79 Å². The van der Waals surface area contributed by atoms with Crippen LogP contribution in [0.1, 0.15) is 19.8 Å². The molecule has 0 atom stereocenters. The van der Waals surface area contributed by atoms with E-state index in [1.165, 1.54) is 24.6 Å². The summed E-state index contributed by atoms with van der Waals surface area (Å²) in [6.07, 6.45) is 2.41. The van der Waals surface area contributed by atoms with Crippen molar-refractivity contribution in [3.8, 4) is 10.7 Å². The third-order valence-corrected chi connectivity index (χ3v) is 5.24. The predicted molar refractivity (Wildman–Crippen MR) is 79.0 cm³/mol. The van der Waals surface area contributed by atoms with Gasteiger partial charge in [0.15, 0.2) is 11.0 Å². The van der Waals surface area contributed by atoms with Gasteiger partial charge >= 0.3 is 5.97 Å². The minimum atomic E-state index is -0.833. The number of hydrogen-bond acceptors (Lipinski definition) is 5. The second-order valence-corrected chi connectivity index (χ2v) is 7.25. The topological polar surface area (TPSA) is 68.0 Å². The fourth-order valence-corrected chi connectivity index (χ4v) is 3.38. The highest BCUT2D eigenvalue weighted by Gasteiger charge is 2.39. The van der Waals surface area contributed by atoms with Gasteiger partial charge in [-0.2, -0.15) is 0 Å². The summed E-state index contributed by atoms with van der Waals surface area (Å²) in [5.41, 5.74) is 0.312. The Labute approximate surface area is 125 Å². The molecule has 2 aromatic rings. The van der Waals surface area contributed by atoms with E-state index in [0.29, 0.717) is 10.6 Å². The molecule has 2 aromatic heterocycles. The maximum absolute atomic E-state index is 10.7. The Balaban J connectivity index is 1.91. The molecule has 1 fully saturated rings. The molecule has 0 unspecified atom stereocenters. The zero-order valence-corrected chi connectivity index (χ0v) is 12.7. The fraction of sp³-hybridized carbons (Fsp3) is 0.462. The lowest BCUT2D eigenvalue weighted by atomic mass is 10.1. The summed E-state index contributed by atoms with van der Waals surface area (Å²) in [6.45, 7) is 3.10. The lowest BCUT2D eigenvalue weighted by Gasteiger charge is -2.13. The number of carbonyl (C=O) groups is 1. The molecule has 1 saturated carbocycles. The van der Waals surface area contributed by atoms with E-state index >= 15 is 0 Å². The van der Waals surface area contributed by atoms with Crippen molar-refractivity contribution in [1.82, 2.24) is 14.8 Å². The Hall–Kier alpha value is -1.34. The molecule has 7 heteroatoms. The number of aromatic nitrogens is 3. The van der Waals surface area contributed by atoms with Crippen LogP contribution < -0.4 is 0 Å². The van der Waals surface area contributed by atoms with Crippen molar-refractivity contribution in [2.75, 3.05) is 5.75 Å². The van der Waals surface area contributed by atoms with Gasteiger partial charge in [0.1, 0.15) is 0 Å². The predicted octanol–water partition coefficient (Wildman–Crippen LogP) is 2.98. The molecule has 1 aliphatic carbocycles. The molecule has 106 valence electrons. The number of hydrogen-bond donors (Lipinski definition) is 1. The fourth-order valence-electron chi connectivity index (χ4n) is 2.01. The molecule has 0 bridgehead atoms. The van der Waals surface area contributed by atoms with E-state index in [4.69, 9.17) is 5.11 Å². The first-order chi connectivity index (χ1) is 9.57. The van der Waals surface area contributed by atoms with E-state index in [1.54, 1.807) is 11.3 Å². The zero-order chi connectivity index (χ0) is 14.2. The van der Waals surface area contributed by atoms with E-state index in [0.717, 1.165) is 17.2 Å². The van der Waals surface area contributed by atoms with Crippen LogP contribution >= 0.6 is 23.1 Å². The van der Waals surface area contributed by atoms with Crippen molar-refractivity contribution < 1.29 is 9.90 Å². The van der Waals surface area contributed by atoms with Gasteiger partial charge in [0.05, 0.1) is 10.6 Å². The van der Waals surface area contributed by atoms with Gasteiger partial charge in [0, 0.05) is 6.54 Å². The van der Waals surface area contributed by atoms with E-state index in [-0.39, 0.29) is 5.75 Å². The Morgan fingerprint density at radius 3 is 2.95 bits per heavy atom. The highest BCUT2D eigenvalue weighted by molar-refractivity contribution is 7.99. The summed E-state index contributed by atoms with van der Waals surface area (Å²) in [5.74, 6) is 0.0279. The smallest absolute Gasteiger partial charge is 0.313 e. The molecule has 3 rings (SSSR count). The van der Waals surface area contributed by atoms with Crippen molar-refractivity contribution >= 4 is 29.1 Å². The van der Waals surface area contributed by atoms with Crippen LogP contribution in [0.5, 0.6) is 0 Å². The summed E-state index contributed by atoms with van der Waals surface area (Å²) in [6, 6.07) is 4.01. The molecule has 0 spiro atoms. The van der Waals surface area contributed by atoms with Gasteiger partial charge < -0.3 is 9.67 Å². The minimum absolute atomic E-state index is 0.0132. The number of nitrogens with zero attached hydrogens (tertiary/aromatic N) is 3. The molecule has 0 saturated heterocycles. The van der Waals surface area contributed by atoms with Crippen LogP contribution in [0.4, 0.5) is 0 Å². The molecule has 0 radical (unpaired) electrons. The van der Waals surface area contributed by atoms with Crippen molar-refractivity contribution in [3.05, 3.63) is 17.5 Å². The first-order valence-electron chi connectivity index (χ1n) is 6.39. The summed E-state index contributed by atoms with van der Waals surface area (Å²) >= 11 is 2.86. The van der Waals surface area contributed by atoms with Gasteiger partial charge in [-0.1, -0.05) is 24.8 Å². The van der Waals surface area contributed by atoms with E-state index in [2.05, 4.69) is 21.7 Å². The Morgan fingerprint density at radius 1 is 1.55 bits per heavy atom. The van der Waals surface area contributed by atoms with Crippen LogP contribution in [0.3, 0.4) is 0 Å². The third kappa shape index (κ3) is 2.88. The van der Waals surface area contributed by atoms with Crippen molar-refractivity contribution in [1.29, 1.82) is 0 Å². The molecule has 2 heterocycles.